The molecule has 0 aliphatic heterocycles. The molecule has 0 radical (unpaired) electrons. The predicted octanol–water partition coefficient (Wildman–Crippen LogP) is 0.334. The molecular weight excluding hydrogens is 234 g/mol. The lowest BCUT2D eigenvalue weighted by molar-refractivity contribution is 0.599. The molecule has 0 fully saturated rings. The number of primary sulfonamides is 1. The van der Waals surface area contributed by atoms with Crippen molar-refractivity contribution in [1.82, 2.24) is 4.98 Å². The highest BCUT2D eigenvalue weighted by molar-refractivity contribution is 8.00. The van der Waals surface area contributed by atoms with E-state index in [1.165, 1.54) is 24.2 Å². The second-order valence-electron chi connectivity index (χ2n) is 2.70. The van der Waals surface area contributed by atoms with E-state index in [-0.39, 0.29) is 5.75 Å². The summed E-state index contributed by atoms with van der Waals surface area (Å²) in [7, 11) is -3.44. The summed E-state index contributed by atoms with van der Waals surface area (Å²) in [6.45, 7) is 0. The van der Waals surface area contributed by atoms with Gasteiger partial charge < -0.3 is 0 Å². The largest absolute Gasteiger partial charge is 0.263 e. The maximum atomic E-state index is 10.7. The van der Waals surface area contributed by atoms with Gasteiger partial charge in [-0.25, -0.2) is 13.6 Å². The van der Waals surface area contributed by atoms with E-state index in [1.807, 2.05) is 6.07 Å². The Morgan fingerprint density at radius 1 is 1.60 bits per heavy atom. The summed E-state index contributed by atoms with van der Waals surface area (Å²) in [6.07, 6.45) is 3.05. The van der Waals surface area contributed by atoms with Gasteiger partial charge in [0.1, 0.15) is 6.07 Å². The molecule has 7 heteroatoms. The van der Waals surface area contributed by atoms with Crippen molar-refractivity contribution < 1.29 is 8.42 Å². The van der Waals surface area contributed by atoms with E-state index in [2.05, 4.69) is 4.98 Å². The summed E-state index contributed by atoms with van der Waals surface area (Å²) in [5, 5.41) is 13.6. The molecule has 1 aromatic rings. The van der Waals surface area contributed by atoms with Crippen molar-refractivity contribution >= 4 is 21.8 Å². The Bertz CT molecular complexity index is 479. The number of nitrogens with two attached hydrogens (primary N) is 1. The Morgan fingerprint density at radius 3 is 2.93 bits per heavy atom. The van der Waals surface area contributed by atoms with Crippen molar-refractivity contribution in [3.8, 4) is 6.07 Å². The van der Waals surface area contributed by atoms with Crippen LogP contribution in [0.25, 0.3) is 0 Å². The molecule has 0 spiro atoms. The summed E-state index contributed by atoms with van der Waals surface area (Å²) in [5.41, 5.74) is 0.490. The fourth-order valence-corrected chi connectivity index (χ4v) is 2.74. The molecular formula is C8H9N3O2S2. The van der Waals surface area contributed by atoms with Crippen LogP contribution in [0.3, 0.4) is 0 Å². The van der Waals surface area contributed by atoms with E-state index >= 15 is 0 Å². The number of pyridine rings is 1. The first-order chi connectivity index (χ1) is 7.03. The van der Waals surface area contributed by atoms with Gasteiger partial charge in [-0.3, -0.25) is 4.98 Å². The molecule has 0 unspecified atom stereocenters. The molecule has 0 bridgehead atoms. The molecule has 1 rings (SSSR count). The van der Waals surface area contributed by atoms with E-state index < -0.39 is 10.0 Å². The second kappa shape index (κ2) is 5.11. The molecule has 0 saturated heterocycles. The van der Waals surface area contributed by atoms with Gasteiger partial charge in [0.15, 0.2) is 0 Å². The number of nitrogens with zero attached hydrogens (tertiary/aromatic N) is 2. The SMILES string of the molecule is N#Cc1ccncc1SCCS(N)(=O)=O. The zero-order valence-corrected chi connectivity index (χ0v) is 9.38. The zero-order chi connectivity index (χ0) is 11.3. The van der Waals surface area contributed by atoms with Gasteiger partial charge in [-0.15, -0.1) is 11.8 Å². The monoisotopic (exact) mass is 243 g/mol. The molecule has 0 aliphatic carbocycles. The average Bonchev–Trinajstić information content (AvgIpc) is 2.16. The molecule has 0 aromatic carbocycles. The first-order valence-corrected chi connectivity index (χ1v) is 6.70. The third kappa shape index (κ3) is 4.29. The van der Waals surface area contributed by atoms with E-state index in [0.29, 0.717) is 16.2 Å². The first-order valence-electron chi connectivity index (χ1n) is 4.00. The lowest BCUT2D eigenvalue weighted by Crippen LogP contribution is -2.17. The molecule has 0 aliphatic rings. The second-order valence-corrected chi connectivity index (χ2v) is 5.57. The van der Waals surface area contributed by atoms with Crippen LogP contribution in [0.1, 0.15) is 5.56 Å². The van der Waals surface area contributed by atoms with Gasteiger partial charge in [0, 0.05) is 23.0 Å². The molecule has 1 aromatic heterocycles. The van der Waals surface area contributed by atoms with Crippen LogP contribution in [0.2, 0.25) is 0 Å². The number of rotatable bonds is 4. The quantitative estimate of drug-likeness (QED) is 0.769. The molecule has 2 N–H and O–H groups in total. The lowest BCUT2D eigenvalue weighted by Gasteiger charge is -2.01. The van der Waals surface area contributed by atoms with Crippen molar-refractivity contribution in [2.45, 2.75) is 4.90 Å². The summed E-state index contributed by atoms with van der Waals surface area (Å²) in [6, 6.07) is 3.58. The van der Waals surface area contributed by atoms with Crippen molar-refractivity contribution in [2.24, 2.45) is 5.14 Å². The van der Waals surface area contributed by atoms with E-state index in [9.17, 15) is 8.42 Å². The molecule has 15 heavy (non-hydrogen) atoms. The summed E-state index contributed by atoms with van der Waals surface area (Å²) < 4.78 is 21.3. The molecule has 0 amide bonds. The predicted molar refractivity (Wildman–Crippen MR) is 57.7 cm³/mol. The van der Waals surface area contributed by atoms with Crippen molar-refractivity contribution in [1.29, 1.82) is 5.26 Å². The Hall–Kier alpha value is -1.10. The average molecular weight is 243 g/mol. The number of sulfonamides is 1. The number of aromatic nitrogens is 1. The molecule has 5 nitrogen and oxygen atoms in total. The maximum Gasteiger partial charge on any atom is 0.209 e. The van der Waals surface area contributed by atoms with Gasteiger partial charge >= 0.3 is 0 Å². The van der Waals surface area contributed by atoms with Crippen LogP contribution in [0, 0.1) is 11.3 Å². The van der Waals surface area contributed by atoms with Gasteiger partial charge in [-0.2, -0.15) is 5.26 Å². The van der Waals surface area contributed by atoms with Crippen LogP contribution in [-0.4, -0.2) is 24.9 Å². The normalized spacial score (nSPS) is 10.9. The minimum absolute atomic E-state index is 0.114. The van der Waals surface area contributed by atoms with Crippen molar-refractivity contribution in [3.05, 3.63) is 24.0 Å². The Morgan fingerprint density at radius 2 is 2.33 bits per heavy atom. The van der Waals surface area contributed by atoms with Gasteiger partial charge in [0.25, 0.3) is 0 Å². The number of hydrogen-bond donors (Lipinski definition) is 1. The Kier molecular flexibility index (Phi) is 4.08. The highest BCUT2D eigenvalue weighted by atomic mass is 32.2. The molecule has 0 saturated carbocycles. The van der Waals surface area contributed by atoms with Crippen molar-refractivity contribution in [3.63, 3.8) is 0 Å². The molecule has 0 atom stereocenters. The Labute approximate surface area is 92.4 Å². The standard InChI is InChI=1S/C8H9N3O2S2/c9-5-7-1-2-11-6-8(7)14-3-4-15(10,12)13/h1-2,6H,3-4H2,(H2,10,12,13). The zero-order valence-electron chi connectivity index (χ0n) is 7.75. The topological polar surface area (TPSA) is 96.8 Å². The van der Waals surface area contributed by atoms with Gasteiger partial charge in [0.05, 0.1) is 11.3 Å². The Balaban J connectivity index is 2.63. The van der Waals surface area contributed by atoms with Crippen LogP contribution < -0.4 is 5.14 Å². The van der Waals surface area contributed by atoms with E-state index in [0.717, 1.165) is 0 Å². The maximum absolute atomic E-state index is 10.7. The smallest absolute Gasteiger partial charge is 0.209 e. The van der Waals surface area contributed by atoms with Crippen LogP contribution in [0.4, 0.5) is 0 Å². The summed E-state index contributed by atoms with van der Waals surface area (Å²) in [4.78, 5) is 4.53. The molecule has 80 valence electrons. The first kappa shape index (κ1) is 12.0. The minimum atomic E-state index is -3.44. The number of nitriles is 1. The summed E-state index contributed by atoms with van der Waals surface area (Å²) >= 11 is 1.25. The van der Waals surface area contributed by atoms with Crippen LogP contribution >= 0.6 is 11.8 Å². The number of hydrogen-bond acceptors (Lipinski definition) is 5. The minimum Gasteiger partial charge on any atom is -0.263 e. The van der Waals surface area contributed by atoms with Gasteiger partial charge in [-0.1, -0.05) is 0 Å². The third-order valence-electron chi connectivity index (χ3n) is 1.53. The van der Waals surface area contributed by atoms with Gasteiger partial charge in [-0.05, 0) is 6.07 Å². The van der Waals surface area contributed by atoms with Crippen molar-refractivity contribution in [2.75, 3.05) is 11.5 Å². The van der Waals surface area contributed by atoms with Gasteiger partial charge in [0.2, 0.25) is 10.0 Å². The van der Waals surface area contributed by atoms with Crippen LogP contribution in [-0.2, 0) is 10.0 Å². The highest BCUT2D eigenvalue weighted by Gasteiger charge is 2.05. The molecule has 1 heterocycles. The summed E-state index contributed by atoms with van der Waals surface area (Å²) in [5.74, 6) is 0.205. The number of thioether (sulfide) groups is 1. The van der Waals surface area contributed by atoms with E-state index in [4.69, 9.17) is 10.4 Å². The van der Waals surface area contributed by atoms with Crippen LogP contribution in [0.15, 0.2) is 23.4 Å². The fraction of sp³-hybridized carbons (Fsp3) is 0.250. The lowest BCUT2D eigenvalue weighted by atomic mass is 10.3. The van der Waals surface area contributed by atoms with E-state index in [1.54, 1.807) is 6.07 Å². The fourth-order valence-electron chi connectivity index (χ4n) is 0.855. The van der Waals surface area contributed by atoms with Crippen LogP contribution in [0.5, 0.6) is 0 Å². The highest BCUT2D eigenvalue weighted by Crippen LogP contribution is 2.20. The third-order valence-corrected chi connectivity index (χ3v) is 3.61.